The Morgan fingerprint density at radius 2 is 1.61 bits per heavy atom. The number of methoxy groups -OCH3 is 2. The number of carbonyl (C=O) groups is 2. The second-order valence-corrected chi connectivity index (χ2v) is 8.90. The summed E-state index contributed by atoms with van der Waals surface area (Å²) in [7, 11) is 2.92. The van der Waals surface area contributed by atoms with Crippen LogP contribution in [0.2, 0.25) is 0 Å². The van der Waals surface area contributed by atoms with E-state index in [4.69, 9.17) is 9.47 Å². The molecule has 1 amide bonds. The van der Waals surface area contributed by atoms with Crippen molar-refractivity contribution in [1.29, 1.82) is 0 Å². The topological polar surface area (TPSA) is 76.1 Å². The standard InChI is InChI=1S/C25H27NO5/c1-25(2)13-18-23(19(27)14-25)17(12-22(28)26(18)16-8-6-5-7-9-16)15-10-20(30-3)24(29)21(11-15)31-4/h5-11,17,29H,12-14H2,1-4H3. The highest BCUT2D eigenvalue weighted by molar-refractivity contribution is 6.07. The Kier molecular flexibility index (Phi) is 5.25. The van der Waals surface area contributed by atoms with Gasteiger partial charge in [-0.1, -0.05) is 32.0 Å². The van der Waals surface area contributed by atoms with Gasteiger partial charge in [0.15, 0.2) is 17.3 Å². The van der Waals surface area contributed by atoms with Crippen molar-refractivity contribution in [2.24, 2.45) is 5.41 Å². The molecular formula is C25H27NO5. The van der Waals surface area contributed by atoms with Crippen molar-refractivity contribution in [3.8, 4) is 17.2 Å². The molecule has 0 saturated carbocycles. The summed E-state index contributed by atoms with van der Waals surface area (Å²) in [5, 5.41) is 10.3. The lowest BCUT2D eigenvalue weighted by Crippen LogP contribution is -2.43. The van der Waals surface area contributed by atoms with Crippen LogP contribution in [-0.2, 0) is 9.59 Å². The number of carbonyl (C=O) groups excluding carboxylic acids is 2. The number of ketones is 1. The van der Waals surface area contributed by atoms with Crippen LogP contribution < -0.4 is 14.4 Å². The van der Waals surface area contributed by atoms with Gasteiger partial charge in [-0.3, -0.25) is 14.5 Å². The molecule has 1 heterocycles. The molecule has 31 heavy (non-hydrogen) atoms. The third-order valence-corrected chi connectivity index (χ3v) is 6.06. The molecular weight excluding hydrogens is 394 g/mol. The minimum Gasteiger partial charge on any atom is -0.502 e. The van der Waals surface area contributed by atoms with E-state index in [-0.39, 0.29) is 40.8 Å². The fraction of sp³-hybridized carbons (Fsp3) is 0.360. The third kappa shape index (κ3) is 3.67. The predicted octanol–water partition coefficient (Wildman–Crippen LogP) is 4.57. The number of amides is 1. The molecule has 1 aliphatic carbocycles. The molecule has 1 atom stereocenters. The van der Waals surface area contributed by atoms with E-state index in [0.717, 1.165) is 11.4 Å². The first-order chi connectivity index (χ1) is 14.8. The molecule has 6 nitrogen and oxygen atoms in total. The number of Topliss-reactive ketones (excluding diaryl/α,β-unsaturated/α-hetero) is 1. The molecule has 4 rings (SSSR count). The molecule has 0 radical (unpaired) electrons. The highest BCUT2D eigenvalue weighted by Gasteiger charge is 2.44. The quantitative estimate of drug-likeness (QED) is 0.782. The second-order valence-electron chi connectivity index (χ2n) is 8.90. The molecule has 2 aromatic carbocycles. The maximum atomic E-state index is 13.4. The summed E-state index contributed by atoms with van der Waals surface area (Å²) >= 11 is 0. The summed E-state index contributed by atoms with van der Waals surface area (Å²) in [6.45, 7) is 4.11. The highest BCUT2D eigenvalue weighted by Crippen LogP contribution is 2.50. The van der Waals surface area contributed by atoms with Gasteiger partial charge >= 0.3 is 0 Å². The van der Waals surface area contributed by atoms with Gasteiger partial charge in [0.2, 0.25) is 11.7 Å². The maximum Gasteiger partial charge on any atom is 0.232 e. The van der Waals surface area contributed by atoms with Gasteiger partial charge in [0.05, 0.1) is 14.2 Å². The number of para-hydroxylation sites is 1. The van der Waals surface area contributed by atoms with Crippen LogP contribution >= 0.6 is 0 Å². The molecule has 1 unspecified atom stereocenters. The first-order valence-electron chi connectivity index (χ1n) is 10.3. The number of hydrogen-bond acceptors (Lipinski definition) is 5. The summed E-state index contributed by atoms with van der Waals surface area (Å²) in [4.78, 5) is 28.5. The number of allylic oxidation sites excluding steroid dienone is 2. The van der Waals surface area contributed by atoms with Gasteiger partial charge in [-0.05, 0) is 41.7 Å². The zero-order valence-electron chi connectivity index (χ0n) is 18.3. The highest BCUT2D eigenvalue weighted by atomic mass is 16.5. The number of benzene rings is 2. The van der Waals surface area contributed by atoms with E-state index < -0.39 is 5.92 Å². The van der Waals surface area contributed by atoms with Crippen molar-refractivity contribution in [3.63, 3.8) is 0 Å². The average molecular weight is 421 g/mol. The Hall–Kier alpha value is -3.28. The number of phenolic OH excluding ortho intramolecular Hbond substituents is 1. The lowest BCUT2D eigenvalue weighted by atomic mass is 9.69. The van der Waals surface area contributed by atoms with E-state index in [1.807, 2.05) is 30.3 Å². The van der Waals surface area contributed by atoms with Crippen LogP contribution in [0.15, 0.2) is 53.7 Å². The van der Waals surface area contributed by atoms with Gasteiger partial charge in [0.25, 0.3) is 0 Å². The molecule has 1 N–H and O–H groups in total. The Morgan fingerprint density at radius 1 is 1.00 bits per heavy atom. The largest absolute Gasteiger partial charge is 0.502 e. The summed E-state index contributed by atoms with van der Waals surface area (Å²) < 4.78 is 10.6. The number of anilines is 1. The molecule has 1 aliphatic heterocycles. The number of aromatic hydroxyl groups is 1. The van der Waals surface area contributed by atoms with E-state index in [9.17, 15) is 14.7 Å². The second kappa shape index (κ2) is 7.76. The van der Waals surface area contributed by atoms with Crippen LogP contribution in [0.25, 0.3) is 0 Å². The normalized spacial score (nSPS) is 20.5. The molecule has 6 heteroatoms. The third-order valence-electron chi connectivity index (χ3n) is 6.06. The Bertz CT molecular complexity index is 1050. The summed E-state index contributed by atoms with van der Waals surface area (Å²) in [6.07, 6.45) is 1.19. The molecule has 0 bridgehead atoms. The van der Waals surface area contributed by atoms with E-state index in [2.05, 4.69) is 13.8 Å². The number of phenols is 1. The van der Waals surface area contributed by atoms with Crippen molar-refractivity contribution in [2.45, 2.75) is 39.0 Å². The van der Waals surface area contributed by atoms with Gasteiger partial charge in [-0.2, -0.15) is 0 Å². The van der Waals surface area contributed by atoms with Crippen molar-refractivity contribution < 1.29 is 24.2 Å². The lowest BCUT2D eigenvalue weighted by Gasteiger charge is -2.43. The average Bonchev–Trinajstić information content (AvgIpc) is 2.73. The number of nitrogens with zero attached hydrogens (tertiary/aromatic N) is 1. The first-order valence-corrected chi connectivity index (χ1v) is 10.3. The van der Waals surface area contributed by atoms with Crippen molar-refractivity contribution in [2.75, 3.05) is 19.1 Å². The minimum atomic E-state index is -0.422. The zero-order chi connectivity index (χ0) is 22.3. The van der Waals surface area contributed by atoms with Crippen LogP contribution in [0.3, 0.4) is 0 Å². The van der Waals surface area contributed by atoms with E-state index in [1.165, 1.54) is 14.2 Å². The molecule has 2 aromatic rings. The van der Waals surface area contributed by atoms with Crippen LogP contribution in [-0.4, -0.2) is 31.0 Å². The monoisotopic (exact) mass is 421 g/mol. The summed E-state index contributed by atoms with van der Waals surface area (Å²) in [5.74, 6) is -0.0419. The molecule has 0 aromatic heterocycles. The van der Waals surface area contributed by atoms with Crippen molar-refractivity contribution in [1.82, 2.24) is 0 Å². The molecule has 2 aliphatic rings. The van der Waals surface area contributed by atoms with E-state index >= 15 is 0 Å². The minimum absolute atomic E-state index is 0.0516. The molecule has 0 spiro atoms. The number of hydrogen-bond donors (Lipinski definition) is 1. The fourth-order valence-corrected chi connectivity index (χ4v) is 4.69. The van der Waals surface area contributed by atoms with Gasteiger partial charge < -0.3 is 14.6 Å². The van der Waals surface area contributed by atoms with Crippen LogP contribution in [0.5, 0.6) is 17.2 Å². The Labute approximate surface area is 182 Å². The van der Waals surface area contributed by atoms with E-state index in [0.29, 0.717) is 24.0 Å². The van der Waals surface area contributed by atoms with Gasteiger partial charge in [0, 0.05) is 35.7 Å². The zero-order valence-corrected chi connectivity index (χ0v) is 18.3. The number of rotatable bonds is 4. The summed E-state index contributed by atoms with van der Waals surface area (Å²) in [6, 6.07) is 12.8. The lowest BCUT2D eigenvalue weighted by molar-refractivity contribution is -0.121. The SMILES string of the molecule is COc1cc(C2CC(=O)N(c3ccccc3)C3=C2C(=O)CC(C)(C)C3)cc(OC)c1O. The molecule has 0 saturated heterocycles. The summed E-state index contributed by atoms with van der Waals surface area (Å²) in [5.41, 5.74) is 2.67. The van der Waals surface area contributed by atoms with Crippen LogP contribution in [0.1, 0.15) is 44.6 Å². The Balaban J connectivity index is 1.92. The van der Waals surface area contributed by atoms with Gasteiger partial charge in [-0.15, -0.1) is 0 Å². The van der Waals surface area contributed by atoms with Gasteiger partial charge in [0.1, 0.15) is 0 Å². The first kappa shape index (κ1) is 21.0. The fourth-order valence-electron chi connectivity index (χ4n) is 4.69. The van der Waals surface area contributed by atoms with Crippen LogP contribution in [0, 0.1) is 5.41 Å². The smallest absolute Gasteiger partial charge is 0.232 e. The van der Waals surface area contributed by atoms with E-state index in [1.54, 1.807) is 17.0 Å². The van der Waals surface area contributed by atoms with Crippen LogP contribution in [0.4, 0.5) is 5.69 Å². The van der Waals surface area contributed by atoms with Crippen molar-refractivity contribution >= 4 is 17.4 Å². The van der Waals surface area contributed by atoms with Gasteiger partial charge in [-0.25, -0.2) is 0 Å². The number of ether oxygens (including phenoxy) is 2. The Morgan fingerprint density at radius 3 is 2.19 bits per heavy atom. The molecule has 162 valence electrons. The van der Waals surface area contributed by atoms with Crippen molar-refractivity contribution in [3.05, 3.63) is 59.3 Å². The maximum absolute atomic E-state index is 13.4. The predicted molar refractivity (Wildman–Crippen MR) is 118 cm³/mol. The molecule has 0 fully saturated rings.